The third-order valence-corrected chi connectivity index (χ3v) is 4.26. The fraction of sp³-hybridized carbons (Fsp3) is 0.895. The Morgan fingerprint density at radius 3 is 1.62 bits per heavy atom. The van der Waals surface area contributed by atoms with Crippen LogP contribution in [-0.4, -0.2) is 52.6 Å². The van der Waals surface area contributed by atoms with Gasteiger partial charge in [0.15, 0.2) is 0 Å². The second kappa shape index (κ2) is 17.8. The van der Waals surface area contributed by atoms with Crippen LogP contribution in [0, 0.1) is 5.92 Å². The standard InChI is InChI=1S/C19H37NO3.Na/c1-4-5-6-7-8-9-10-11-12-13-14-15-17(21)20-18(16(2)3)19(22)23;/h16,18H,4-15H2,1-3H3,(H,20,21)(H,22,23);/t18-;/m0./s1. The molecule has 0 saturated carbocycles. The number of hydrogen-bond donors (Lipinski definition) is 2. The van der Waals surface area contributed by atoms with Gasteiger partial charge in [0.1, 0.15) is 6.04 Å². The third-order valence-electron chi connectivity index (χ3n) is 4.26. The predicted molar refractivity (Wildman–Crippen MR) is 101 cm³/mol. The van der Waals surface area contributed by atoms with Crippen LogP contribution >= 0.6 is 0 Å². The Hall–Kier alpha value is -0.0600. The monoisotopic (exact) mass is 350 g/mol. The number of carboxylic acids is 1. The Morgan fingerprint density at radius 1 is 0.833 bits per heavy atom. The first-order chi connectivity index (χ1) is 11.0. The molecule has 5 heteroatoms. The van der Waals surface area contributed by atoms with Crippen LogP contribution in [0.4, 0.5) is 0 Å². The first-order valence-corrected chi connectivity index (χ1v) is 9.51. The summed E-state index contributed by atoms with van der Waals surface area (Å²) in [6.07, 6.45) is 14.2. The SMILES string of the molecule is CCCCCCCCCCCCCC(=O)N[C@H](C(=O)O)C(C)C.[Na]. The average Bonchev–Trinajstić information content (AvgIpc) is 2.49. The molecule has 0 aliphatic rings. The van der Waals surface area contributed by atoms with E-state index in [1.165, 1.54) is 57.8 Å². The van der Waals surface area contributed by atoms with E-state index in [-0.39, 0.29) is 41.4 Å². The minimum Gasteiger partial charge on any atom is -0.480 e. The summed E-state index contributed by atoms with van der Waals surface area (Å²) in [4.78, 5) is 22.8. The van der Waals surface area contributed by atoms with Crippen molar-refractivity contribution in [2.24, 2.45) is 5.92 Å². The second-order valence-electron chi connectivity index (χ2n) is 6.91. The first-order valence-electron chi connectivity index (χ1n) is 9.51. The molecule has 0 unspecified atom stereocenters. The van der Waals surface area contributed by atoms with Gasteiger partial charge in [-0.2, -0.15) is 0 Å². The summed E-state index contributed by atoms with van der Waals surface area (Å²) < 4.78 is 0. The molecular formula is C19H37NNaO3. The summed E-state index contributed by atoms with van der Waals surface area (Å²) in [5.41, 5.74) is 0. The van der Waals surface area contributed by atoms with E-state index in [1.807, 2.05) is 0 Å². The summed E-state index contributed by atoms with van der Waals surface area (Å²) in [5, 5.41) is 11.7. The molecule has 1 amide bonds. The van der Waals surface area contributed by atoms with Crippen LogP contribution in [-0.2, 0) is 9.59 Å². The summed E-state index contributed by atoms with van der Waals surface area (Å²) in [6, 6.07) is -0.768. The topological polar surface area (TPSA) is 66.4 Å². The molecule has 0 aromatic rings. The molecule has 0 bridgehead atoms. The van der Waals surface area contributed by atoms with Gasteiger partial charge in [-0.3, -0.25) is 4.79 Å². The Balaban J connectivity index is 0. The summed E-state index contributed by atoms with van der Waals surface area (Å²) in [7, 11) is 0. The number of hydrogen-bond acceptors (Lipinski definition) is 2. The Labute approximate surface area is 170 Å². The number of nitrogens with one attached hydrogen (secondary N) is 1. The zero-order valence-corrected chi connectivity index (χ0v) is 18.4. The van der Waals surface area contributed by atoms with Gasteiger partial charge in [0.2, 0.25) is 5.91 Å². The van der Waals surface area contributed by atoms with Gasteiger partial charge in [0, 0.05) is 36.0 Å². The van der Waals surface area contributed by atoms with Gasteiger partial charge < -0.3 is 10.4 Å². The molecule has 24 heavy (non-hydrogen) atoms. The maximum Gasteiger partial charge on any atom is 0.326 e. The molecule has 0 fully saturated rings. The largest absolute Gasteiger partial charge is 0.480 e. The molecule has 4 nitrogen and oxygen atoms in total. The molecule has 0 saturated heterocycles. The van der Waals surface area contributed by atoms with Crippen molar-refractivity contribution in [2.75, 3.05) is 0 Å². The molecular weight excluding hydrogens is 313 g/mol. The molecule has 137 valence electrons. The quantitative estimate of drug-likeness (QED) is 0.337. The first kappa shape index (κ1) is 26.2. The van der Waals surface area contributed by atoms with Gasteiger partial charge in [0.25, 0.3) is 0 Å². The molecule has 0 heterocycles. The second-order valence-corrected chi connectivity index (χ2v) is 6.91. The van der Waals surface area contributed by atoms with Crippen molar-refractivity contribution in [1.82, 2.24) is 5.32 Å². The number of aliphatic carboxylic acids is 1. The fourth-order valence-corrected chi connectivity index (χ4v) is 2.71. The van der Waals surface area contributed by atoms with Crippen LogP contribution in [0.3, 0.4) is 0 Å². The van der Waals surface area contributed by atoms with Crippen LogP contribution in [0.2, 0.25) is 0 Å². The number of carbonyl (C=O) groups is 2. The van der Waals surface area contributed by atoms with Gasteiger partial charge in [0.05, 0.1) is 0 Å². The van der Waals surface area contributed by atoms with Gasteiger partial charge in [-0.1, -0.05) is 85.0 Å². The zero-order valence-electron chi connectivity index (χ0n) is 16.4. The van der Waals surface area contributed by atoms with E-state index < -0.39 is 12.0 Å². The van der Waals surface area contributed by atoms with Gasteiger partial charge >= 0.3 is 5.97 Å². The fourth-order valence-electron chi connectivity index (χ4n) is 2.71. The summed E-state index contributed by atoms with van der Waals surface area (Å²) in [5.74, 6) is -1.18. The summed E-state index contributed by atoms with van der Waals surface area (Å²) >= 11 is 0. The number of amides is 1. The number of carbonyl (C=O) groups excluding carboxylic acids is 1. The third kappa shape index (κ3) is 15.5. The number of carboxylic acid groups (broad SMARTS) is 1. The van der Waals surface area contributed by atoms with Crippen LogP contribution in [0.25, 0.3) is 0 Å². The van der Waals surface area contributed by atoms with E-state index in [0.29, 0.717) is 6.42 Å². The molecule has 0 spiro atoms. The van der Waals surface area contributed by atoms with Crippen LogP contribution in [0.15, 0.2) is 0 Å². The van der Waals surface area contributed by atoms with E-state index in [9.17, 15) is 9.59 Å². The molecule has 1 atom stereocenters. The number of unbranched alkanes of at least 4 members (excludes halogenated alkanes) is 10. The van der Waals surface area contributed by atoms with Crippen LogP contribution in [0.5, 0.6) is 0 Å². The number of rotatable bonds is 15. The smallest absolute Gasteiger partial charge is 0.326 e. The van der Waals surface area contributed by atoms with Crippen molar-refractivity contribution >= 4 is 41.4 Å². The zero-order chi connectivity index (χ0) is 17.5. The molecule has 0 aromatic heterocycles. The van der Waals surface area contributed by atoms with Gasteiger partial charge in [-0.15, -0.1) is 0 Å². The van der Waals surface area contributed by atoms with Gasteiger partial charge in [-0.25, -0.2) is 4.79 Å². The maximum atomic E-state index is 11.7. The minimum atomic E-state index is -0.952. The van der Waals surface area contributed by atoms with Crippen molar-refractivity contribution in [2.45, 2.75) is 104 Å². The Morgan fingerprint density at radius 2 is 1.25 bits per heavy atom. The minimum absolute atomic E-state index is 0. The van der Waals surface area contributed by atoms with Crippen molar-refractivity contribution in [3.8, 4) is 0 Å². The van der Waals surface area contributed by atoms with Gasteiger partial charge in [-0.05, 0) is 12.3 Å². The van der Waals surface area contributed by atoms with Crippen molar-refractivity contribution in [3.05, 3.63) is 0 Å². The maximum absolute atomic E-state index is 11.7. The Bertz CT molecular complexity index is 322. The molecule has 0 rings (SSSR count). The normalized spacial score (nSPS) is 11.8. The van der Waals surface area contributed by atoms with Crippen molar-refractivity contribution < 1.29 is 14.7 Å². The Kier molecular flexibility index (Phi) is 19.4. The summed E-state index contributed by atoms with van der Waals surface area (Å²) in [6.45, 7) is 5.85. The van der Waals surface area contributed by atoms with E-state index in [1.54, 1.807) is 13.8 Å². The predicted octanol–water partition coefficient (Wildman–Crippen LogP) is 4.53. The van der Waals surface area contributed by atoms with Crippen molar-refractivity contribution in [3.63, 3.8) is 0 Å². The van der Waals surface area contributed by atoms with Crippen LogP contribution < -0.4 is 5.32 Å². The van der Waals surface area contributed by atoms with Crippen molar-refractivity contribution in [1.29, 1.82) is 0 Å². The average molecular weight is 350 g/mol. The molecule has 2 N–H and O–H groups in total. The van der Waals surface area contributed by atoms with E-state index in [4.69, 9.17) is 5.11 Å². The molecule has 0 aliphatic carbocycles. The molecule has 1 radical (unpaired) electrons. The molecule has 0 aromatic carbocycles. The molecule has 0 aliphatic heterocycles. The van der Waals surface area contributed by atoms with Crippen LogP contribution in [0.1, 0.15) is 97.8 Å². The van der Waals surface area contributed by atoms with E-state index in [2.05, 4.69) is 12.2 Å². The van der Waals surface area contributed by atoms with E-state index in [0.717, 1.165) is 12.8 Å². The van der Waals surface area contributed by atoms with E-state index >= 15 is 0 Å².